The average Bonchev–Trinajstić information content (AvgIpc) is 2.65. The van der Waals surface area contributed by atoms with Crippen LogP contribution < -0.4 is 16.0 Å². The van der Waals surface area contributed by atoms with Gasteiger partial charge in [-0.25, -0.2) is 0 Å². The van der Waals surface area contributed by atoms with E-state index in [2.05, 4.69) is 66.7 Å². The van der Waals surface area contributed by atoms with Crippen LogP contribution in [-0.2, 0) is 4.74 Å². The van der Waals surface area contributed by atoms with E-state index in [1.165, 1.54) is 5.56 Å². The lowest BCUT2D eigenvalue weighted by atomic mass is 9.88. The number of hydrogen-bond donors (Lipinski definition) is 3. The molecule has 1 heterocycles. The molecule has 3 N–H and O–H groups in total. The standard InChI is InChI=1S/C20H32N4O/c1-4-13-22-19(21-5-2)23-16-20(11-14-25-15-12-20)24-17(3)18-9-7-6-8-10-18/h4,6-10,17,24H,1,5,11-16H2,2-3H3,(H2,21,22,23). The molecule has 0 amide bonds. The highest BCUT2D eigenvalue weighted by Crippen LogP contribution is 2.25. The molecule has 2 rings (SSSR count). The third kappa shape index (κ3) is 6.18. The molecule has 0 spiro atoms. The molecular weight excluding hydrogens is 312 g/mol. The molecule has 1 saturated heterocycles. The molecule has 1 atom stereocenters. The number of guanidine groups is 1. The van der Waals surface area contributed by atoms with Crippen molar-refractivity contribution in [2.75, 3.05) is 32.8 Å². The maximum Gasteiger partial charge on any atom is 0.191 e. The van der Waals surface area contributed by atoms with Gasteiger partial charge in [0.05, 0.1) is 6.54 Å². The molecule has 1 aliphatic heterocycles. The second-order valence-corrected chi connectivity index (χ2v) is 6.53. The van der Waals surface area contributed by atoms with Crippen LogP contribution in [0, 0.1) is 0 Å². The number of ether oxygens (including phenoxy) is 1. The van der Waals surface area contributed by atoms with Crippen molar-refractivity contribution in [1.82, 2.24) is 16.0 Å². The monoisotopic (exact) mass is 344 g/mol. The van der Waals surface area contributed by atoms with Crippen LogP contribution in [0.3, 0.4) is 0 Å². The van der Waals surface area contributed by atoms with Gasteiger partial charge in [0, 0.05) is 37.9 Å². The van der Waals surface area contributed by atoms with Gasteiger partial charge in [-0.05, 0) is 32.3 Å². The summed E-state index contributed by atoms with van der Waals surface area (Å²) < 4.78 is 5.60. The molecule has 0 bridgehead atoms. The van der Waals surface area contributed by atoms with E-state index in [0.717, 1.165) is 45.1 Å². The fourth-order valence-electron chi connectivity index (χ4n) is 3.14. The Morgan fingerprint density at radius 1 is 1.28 bits per heavy atom. The van der Waals surface area contributed by atoms with Crippen molar-refractivity contribution in [3.05, 3.63) is 48.6 Å². The quantitative estimate of drug-likeness (QED) is 0.385. The molecule has 1 aromatic carbocycles. The highest BCUT2D eigenvalue weighted by atomic mass is 16.5. The largest absolute Gasteiger partial charge is 0.381 e. The van der Waals surface area contributed by atoms with Gasteiger partial charge in [0.25, 0.3) is 0 Å². The van der Waals surface area contributed by atoms with Gasteiger partial charge in [0.15, 0.2) is 5.96 Å². The molecule has 1 unspecified atom stereocenters. The second kappa shape index (κ2) is 10.2. The number of nitrogens with zero attached hydrogens (tertiary/aromatic N) is 1. The van der Waals surface area contributed by atoms with Crippen molar-refractivity contribution in [3.8, 4) is 0 Å². The Morgan fingerprint density at radius 3 is 2.64 bits per heavy atom. The molecule has 0 aliphatic carbocycles. The van der Waals surface area contributed by atoms with E-state index in [-0.39, 0.29) is 11.6 Å². The van der Waals surface area contributed by atoms with E-state index < -0.39 is 0 Å². The lowest BCUT2D eigenvalue weighted by Crippen LogP contribution is -2.53. The van der Waals surface area contributed by atoms with Crippen LogP contribution in [0.5, 0.6) is 0 Å². The topological polar surface area (TPSA) is 57.7 Å². The SMILES string of the molecule is C=CCNC(=NCC1(NC(C)c2ccccc2)CCOCC1)NCC. The fourth-order valence-corrected chi connectivity index (χ4v) is 3.14. The van der Waals surface area contributed by atoms with Crippen LogP contribution in [0.4, 0.5) is 0 Å². The van der Waals surface area contributed by atoms with Crippen molar-refractivity contribution in [2.45, 2.75) is 38.3 Å². The first-order chi connectivity index (χ1) is 12.2. The molecule has 1 fully saturated rings. The molecular formula is C20H32N4O. The minimum Gasteiger partial charge on any atom is -0.381 e. The maximum atomic E-state index is 5.60. The summed E-state index contributed by atoms with van der Waals surface area (Å²) in [5.74, 6) is 0.836. The van der Waals surface area contributed by atoms with Crippen molar-refractivity contribution >= 4 is 5.96 Å². The Kier molecular flexibility index (Phi) is 7.95. The van der Waals surface area contributed by atoms with Gasteiger partial charge in [0.2, 0.25) is 0 Å². The number of benzene rings is 1. The zero-order valence-corrected chi connectivity index (χ0v) is 15.6. The van der Waals surface area contributed by atoms with Crippen molar-refractivity contribution in [3.63, 3.8) is 0 Å². The number of hydrogen-bond acceptors (Lipinski definition) is 3. The summed E-state index contributed by atoms with van der Waals surface area (Å²) in [6.07, 6.45) is 3.77. The summed E-state index contributed by atoms with van der Waals surface area (Å²) in [5.41, 5.74) is 1.26. The molecule has 5 heteroatoms. The molecule has 1 aromatic rings. The first-order valence-corrected chi connectivity index (χ1v) is 9.22. The van der Waals surface area contributed by atoms with Crippen LogP contribution in [0.25, 0.3) is 0 Å². The van der Waals surface area contributed by atoms with E-state index >= 15 is 0 Å². The first-order valence-electron chi connectivity index (χ1n) is 9.22. The Bertz CT molecular complexity index is 538. The van der Waals surface area contributed by atoms with Crippen LogP contribution in [-0.4, -0.2) is 44.3 Å². The highest BCUT2D eigenvalue weighted by molar-refractivity contribution is 5.79. The van der Waals surface area contributed by atoms with Gasteiger partial charge in [-0.1, -0.05) is 36.4 Å². The van der Waals surface area contributed by atoms with Crippen LogP contribution in [0.2, 0.25) is 0 Å². The van der Waals surface area contributed by atoms with E-state index in [9.17, 15) is 0 Å². The van der Waals surface area contributed by atoms with E-state index in [0.29, 0.717) is 6.54 Å². The second-order valence-electron chi connectivity index (χ2n) is 6.53. The summed E-state index contributed by atoms with van der Waals surface area (Å²) in [6, 6.07) is 10.8. The molecule has 0 radical (unpaired) electrons. The molecule has 1 aliphatic rings. The van der Waals surface area contributed by atoms with Crippen LogP contribution in [0.15, 0.2) is 48.0 Å². The highest BCUT2D eigenvalue weighted by Gasteiger charge is 2.33. The predicted molar refractivity (Wildman–Crippen MR) is 105 cm³/mol. The van der Waals surface area contributed by atoms with E-state index in [1.54, 1.807) is 0 Å². The van der Waals surface area contributed by atoms with Crippen LogP contribution in [0.1, 0.15) is 38.3 Å². The molecule has 25 heavy (non-hydrogen) atoms. The lowest BCUT2D eigenvalue weighted by molar-refractivity contribution is 0.0374. The maximum absolute atomic E-state index is 5.60. The molecule has 138 valence electrons. The molecule has 0 saturated carbocycles. The fraction of sp³-hybridized carbons (Fsp3) is 0.550. The van der Waals surface area contributed by atoms with Gasteiger partial charge in [-0.15, -0.1) is 6.58 Å². The summed E-state index contributed by atoms with van der Waals surface area (Å²) in [7, 11) is 0. The lowest BCUT2D eigenvalue weighted by Gasteiger charge is -2.39. The average molecular weight is 345 g/mol. The Hall–Kier alpha value is -1.85. The molecule has 0 aromatic heterocycles. The normalized spacial score (nSPS) is 18.4. The predicted octanol–water partition coefficient (Wildman–Crippen LogP) is 2.63. The summed E-state index contributed by atoms with van der Waals surface area (Å²) >= 11 is 0. The van der Waals surface area contributed by atoms with E-state index in [1.807, 2.05) is 6.08 Å². The van der Waals surface area contributed by atoms with Crippen molar-refractivity contribution < 1.29 is 4.74 Å². The summed E-state index contributed by atoms with van der Waals surface area (Å²) in [4.78, 5) is 4.82. The number of nitrogens with one attached hydrogen (secondary N) is 3. The third-order valence-corrected chi connectivity index (χ3v) is 4.57. The zero-order valence-electron chi connectivity index (χ0n) is 15.6. The van der Waals surface area contributed by atoms with Crippen LogP contribution >= 0.6 is 0 Å². The van der Waals surface area contributed by atoms with Gasteiger partial charge >= 0.3 is 0 Å². The third-order valence-electron chi connectivity index (χ3n) is 4.57. The number of aliphatic imine (C=N–C) groups is 1. The minimum absolute atomic E-state index is 0.0377. The van der Waals surface area contributed by atoms with E-state index in [4.69, 9.17) is 9.73 Å². The number of rotatable bonds is 8. The minimum atomic E-state index is -0.0377. The van der Waals surface area contributed by atoms with Gasteiger partial charge < -0.3 is 20.7 Å². The Balaban J connectivity index is 2.09. The smallest absolute Gasteiger partial charge is 0.191 e. The molecule has 5 nitrogen and oxygen atoms in total. The van der Waals surface area contributed by atoms with Crippen molar-refractivity contribution in [2.24, 2.45) is 4.99 Å². The summed E-state index contributed by atoms with van der Waals surface area (Å²) in [5, 5.41) is 10.4. The van der Waals surface area contributed by atoms with Gasteiger partial charge in [-0.3, -0.25) is 4.99 Å². The first kappa shape index (κ1) is 19.5. The summed E-state index contributed by atoms with van der Waals surface area (Å²) in [6.45, 7) is 11.9. The van der Waals surface area contributed by atoms with Gasteiger partial charge in [-0.2, -0.15) is 0 Å². The zero-order chi connectivity index (χ0) is 18.0. The Morgan fingerprint density at radius 2 is 2.00 bits per heavy atom. The van der Waals surface area contributed by atoms with Crippen molar-refractivity contribution in [1.29, 1.82) is 0 Å². The van der Waals surface area contributed by atoms with Gasteiger partial charge in [0.1, 0.15) is 0 Å². The Labute approximate surface area is 152 Å².